The lowest BCUT2D eigenvalue weighted by Gasteiger charge is -2.61. The second-order valence-electron chi connectivity index (χ2n) is 10.1. The molecule has 0 saturated carbocycles. The maximum atomic E-state index is 13.4. The molecule has 154 valence electrons. The van der Waals surface area contributed by atoms with Crippen molar-refractivity contribution >= 4 is 17.1 Å². The molecule has 5 heteroatoms. The Hall–Kier alpha value is -2.17. The molecule has 2 bridgehead atoms. The largest absolute Gasteiger partial charge is 0.325 e. The van der Waals surface area contributed by atoms with Crippen LogP contribution in [0.1, 0.15) is 63.3 Å². The number of aromatic nitrogens is 2. The molecule has 1 aliphatic carbocycles. The van der Waals surface area contributed by atoms with E-state index in [4.69, 9.17) is 4.98 Å². The molecule has 5 nitrogen and oxygen atoms in total. The number of urea groups is 1. The summed E-state index contributed by atoms with van der Waals surface area (Å²) in [6, 6.07) is 4.99. The predicted octanol–water partition coefficient (Wildman–Crippen LogP) is 4.46. The normalized spacial score (nSPS) is 28.3. The summed E-state index contributed by atoms with van der Waals surface area (Å²) in [5, 5.41) is 0. The van der Waals surface area contributed by atoms with E-state index < -0.39 is 0 Å². The van der Waals surface area contributed by atoms with Crippen LogP contribution in [0, 0.1) is 12.3 Å². The van der Waals surface area contributed by atoms with Crippen LogP contribution in [0.25, 0.3) is 11.0 Å². The van der Waals surface area contributed by atoms with E-state index in [1.165, 1.54) is 17.5 Å². The molecule has 0 unspecified atom stereocenters. The first-order valence-electron chi connectivity index (χ1n) is 11.1. The van der Waals surface area contributed by atoms with Crippen LogP contribution in [-0.2, 0) is 11.8 Å². The van der Waals surface area contributed by atoms with Crippen LogP contribution >= 0.6 is 0 Å². The first-order chi connectivity index (χ1) is 13.8. The third-order valence-electron chi connectivity index (χ3n) is 8.25. The highest BCUT2D eigenvalue weighted by molar-refractivity contribution is 5.79. The number of carbonyl (C=O) groups is 1. The summed E-state index contributed by atoms with van der Waals surface area (Å²) in [6.07, 6.45) is 7.28. The van der Waals surface area contributed by atoms with E-state index in [0.717, 1.165) is 62.0 Å². The van der Waals surface area contributed by atoms with Crippen molar-refractivity contribution in [3.05, 3.63) is 35.2 Å². The van der Waals surface area contributed by atoms with Crippen LogP contribution in [0.5, 0.6) is 0 Å². The van der Waals surface area contributed by atoms with Gasteiger partial charge in [0.05, 0.1) is 16.7 Å². The number of carbonyl (C=O) groups excluding carboxylic acids is 1. The molecule has 2 fully saturated rings. The number of rotatable bonds is 0. The second kappa shape index (κ2) is 6.41. The van der Waals surface area contributed by atoms with Crippen molar-refractivity contribution in [2.45, 2.75) is 71.3 Å². The zero-order valence-electron chi connectivity index (χ0n) is 18.2. The SMILES string of the molecule is Cc1cnc2cc3c(cc2n1)C[C@@H]1N(C(=O)N2CCCCC2)CC[C@]3(C)C1(C)C. The Bertz CT molecular complexity index is 978. The highest BCUT2D eigenvalue weighted by Gasteiger charge is 2.57. The summed E-state index contributed by atoms with van der Waals surface area (Å²) < 4.78 is 0. The van der Waals surface area contributed by atoms with Gasteiger partial charge in [0.25, 0.3) is 0 Å². The van der Waals surface area contributed by atoms with Crippen molar-refractivity contribution in [3.63, 3.8) is 0 Å². The maximum Gasteiger partial charge on any atom is 0.320 e. The Kier molecular flexibility index (Phi) is 4.17. The van der Waals surface area contributed by atoms with E-state index in [9.17, 15) is 4.79 Å². The van der Waals surface area contributed by atoms with Gasteiger partial charge in [-0.1, -0.05) is 20.8 Å². The van der Waals surface area contributed by atoms with Crippen molar-refractivity contribution in [1.82, 2.24) is 19.8 Å². The number of nitrogens with zero attached hydrogens (tertiary/aromatic N) is 4. The summed E-state index contributed by atoms with van der Waals surface area (Å²) >= 11 is 0. The third-order valence-corrected chi connectivity index (χ3v) is 8.25. The van der Waals surface area contributed by atoms with Gasteiger partial charge in [-0.15, -0.1) is 0 Å². The van der Waals surface area contributed by atoms with Gasteiger partial charge in [0.15, 0.2) is 0 Å². The van der Waals surface area contributed by atoms with Gasteiger partial charge in [0, 0.05) is 37.3 Å². The van der Waals surface area contributed by atoms with Crippen molar-refractivity contribution in [3.8, 4) is 0 Å². The van der Waals surface area contributed by atoms with Gasteiger partial charge in [-0.2, -0.15) is 0 Å². The highest BCUT2D eigenvalue weighted by Crippen LogP contribution is 2.56. The summed E-state index contributed by atoms with van der Waals surface area (Å²) in [5.41, 5.74) is 5.70. The molecule has 1 aromatic carbocycles. The van der Waals surface area contributed by atoms with Crippen LogP contribution in [0.3, 0.4) is 0 Å². The van der Waals surface area contributed by atoms with Gasteiger partial charge < -0.3 is 9.80 Å². The Morgan fingerprint density at radius 3 is 2.59 bits per heavy atom. The number of hydrogen-bond acceptors (Lipinski definition) is 3. The van der Waals surface area contributed by atoms with Crippen LogP contribution in [0.4, 0.5) is 4.79 Å². The number of likely N-dealkylation sites (tertiary alicyclic amines) is 2. The fourth-order valence-corrected chi connectivity index (χ4v) is 6.01. The maximum absolute atomic E-state index is 13.4. The topological polar surface area (TPSA) is 49.3 Å². The van der Waals surface area contributed by atoms with Crippen LogP contribution < -0.4 is 0 Å². The third kappa shape index (κ3) is 2.69. The monoisotopic (exact) mass is 392 g/mol. The zero-order chi connectivity index (χ0) is 20.4. The van der Waals surface area contributed by atoms with Gasteiger partial charge in [0.1, 0.15) is 0 Å². The lowest BCUT2D eigenvalue weighted by atomic mass is 9.51. The quantitative estimate of drug-likeness (QED) is 0.665. The minimum Gasteiger partial charge on any atom is -0.325 e. The molecular weight excluding hydrogens is 360 g/mol. The summed E-state index contributed by atoms with van der Waals surface area (Å²) in [7, 11) is 0. The number of hydrogen-bond donors (Lipinski definition) is 0. The van der Waals surface area contributed by atoms with Crippen LogP contribution in [0.2, 0.25) is 0 Å². The average Bonchev–Trinajstić information content (AvgIpc) is 2.70. The molecule has 29 heavy (non-hydrogen) atoms. The molecule has 2 aromatic rings. The van der Waals surface area contributed by atoms with Gasteiger partial charge in [0.2, 0.25) is 0 Å². The summed E-state index contributed by atoms with van der Waals surface area (Å²) in [5.74, 6) is 0. The van der Waals surface area contributed by atoms with E-state index in [-0.39, 0.29) is 22.9 Å². The number of fused-ring (bicyclic) bond motifs is 5. The molecule has 0 N–H and O–H groups in total. The second-order valence-corrected chi connectivity index (χ2v) is 10.1. The average molecular weight is 393 g/mol. The van der Waals surface area contributed by atoms with Crippen LogP contribution in [-0.4, -0.2) is 51.5 Å². The van der Waals surface area contributed by atoms with E-state index in [1.807, 2.05) is 13.1 Å². The van der Waals surface area contributed by atoms with E-state index in [2.05, 4.69) is 47.7 Å². The lowest BCUT2D eigenvalue weighted by molar-refractivity contribution is -0.0241. The van der Waals surface area contributed by atoms with Crippen molar-refractivity contribution < 1.29 is 4.79 Å². The lowest BCUT2D eigenvalue weighted by Crippen LogP contribution is -2.66. The Morgan fingerprint density at radius 1 is 1.07 bits per heavy atom. The number of benzene rings is 1. The minimum absolute atomic E-state index is 0.00942. The molecule has 3 heterocycles. The smallest absolute Gasteiger partial charge is 0.320 e. The van der Waals surface area contributed by atoms with Crippen molar-refractivity contribution in [1.29, 1.82) is 0 Å². The Morgan fingerprint density at radius 2 is 1.83 bits per heavy atom. The van der Waals surface area contributed by atoms with Gasteiger partial charge in [-0.3, -0.25) is 4.98 Å². The molecule has 0 spiro atoms. The van der Waals surface area contributed by atoms with E-state index in [1.54, 1.807) is 0 Å². The fraction of sp³-hybridized carbons (Fsp3) is 0.625. The molecule has 5 rings (SSSR count). The van der Waals surface area contributed by atoms with Crippen LogP contribution in [0.15, 0.2) is 18.3 Å². The Labute approximate surface area is 173 Å². The molecule has 3 aliphatic rings. The minimum atomic E-state index is 0.00942. The highest BCUT2D eigenvalue weighted by atomic mass is 16.2. The molecule has 2 atom stereocenters. The first kappa shape index (κ1) is 18.8. The number of aryl methyl sites for hydroxylation is 1. The number of amides is 2. The van der Waals surface area contributed by atoms with E-state index in [0.29, 0.717) is 0 Å². The molecule has 0 radical (unpaired) electrons. The van der Waals surface area contributed by atoms with Crippen molar-refractivity contribution in [2.75, 3.05) is 19.6 Å². The molecule has 2 amide bonds. The predicted molar refractivity (Wildman–Crippen MR) is 115 cm³/mol. The summed E-state index contributed by atoms with van der Waals surface area (Å²) in [6.45, 7) is 11.8. The first-order valence-corrected chi connectivity index (χ1v) is 11.1. The molecular formula is C24H32N4O. The van der Waals surface area contributed by atoms with Gasteiger partial charge in [-0.25, -0.2) is 9.78 Å². The molecule has 2 aliphatic heterocycles. The number of piperidine rings is 2. The Balaban J connectivity index is 1.58. The molecule has 1 aromatic heterocycles. The summed E-state index contributed by atoms with van der Waals surface area (Å²) in [4.78, 5) is 27.1. The fourth-order valence-electron chi connectivity index (χ4n) is 6.01. The van der Waals surface area contributed by atoms with Crippen molar-refractivity contribution in [2.24, 2.45) is 5.41 Å². The molecule has 2 saturated heterocycles. The van der Waals surface area contributed by atoms with Gasteiger partial charge in [-0.05, 0) is 67.7 Å². The standard InChI is InChI=1S/C24H32N4O/c1-16-15-25-19-14-18-17(12-20(19)26-16)13-21-23(2,3)24(18,4)8-11-28(21)22(29)27-9-6-5-7-10-27/h12,14-15,21H,5-11,13H2,1-4H3/t21-,24-/m0/s1. The zero-order valence-corrected chi connectivity index (χ0v) is 18.2. The van der Waals surface area contributed by atoms with Gasteiger partial charge >= 0.3 is 6.03 Å². The van der Waals surface area contributed by atoms with E-state index >= 15 is 0 Å².